The molecule has 0 amide bonds. The maximum atomic E-state index is 5.83. The zero-order chi connectivity index (χ0) is 14.7. The van der Waals surface area contributed by atoms with E-state index in [2.05, 4.69) is 10.3 Å². The molecule has 0 aliphatic rings. The van der Waals surface area contributed by atoms with E-state index in [1.165, 1.54) is 0 Å². The number of hydrogen-bond donors (Lipinski definition) is 1. The van der Waals surface area contributed by atoms with Crippen LogP contribution in [0.4, 0.5) is 0 Å². The molecule has 3 rings (SSSR count). The van der Waals surface area contributed by atoms with Crippen molar-refractivity contribution in [3.63, 3.8) is 0 Å². The van der Waals surface area contributed by atoms with E-state index in [-0.39, 0.29) is 0 Å². The standard InChI is InChI=1S/C17H18N2O2/c1-12-14(8-16(21-12)9-18-2)11-20-15-7-13-5-3-4-6-17(13)19-10-15/h3-8,10,18H,9,11H2,1-2H3. The fourth-order valence-electron chi connectivity index (χ4n) is 2.28. The zero-order valence-corrected chi connectivity index (χ0v) is 12.2. The number of para-hydroxylation sites is 1. The first-order valence-electron chi connectivity index (χ1n) is 6.96. The molecular weight excluding hydrogens is 264 g/mol. The van der Waals surface area contributed by atoms with Crippen molar-refractivity contribution in [2.24, 2.45) is 0 Å². The van der Waals surface area contributed by atoms with Crippen LogP contribution in [0.3, 0.4) is 0 Å². The predicted octanol–water partition coefficient (Wildman–Crippen LogP) is 3.43. The molecule has 0 fully saturated rings. The van der Waals surface area contributed by atoms with Gasteiger partial charge in [0.2, 0.25) is 0 Å². The summed E-state index contributed by atoms with van der Waals surface area (Å²) in [6.45, 7) is 3.16. The van der Waals surface area contributed by atoms with Crippen LogP contribution in [0.1, 0.15) is 17.1 Å². The number of furan rings is 1. The van der Waals surface area contributed by atoms with Gasteiger partial charge in [-0.25, -0.2) is 0 Å². The highest BCUT2D eigenvalue weighted by Crippen LogP contribution is 2.21. The third kappa shape index (κ3) is 3.06. The Morgan fingerprint density at radius 3 is 2.95 bits per heavy atom. The molecule has 0 atom stereocenters. The normalized spacial score (nSPS) is 11.0. The summed E-state index contributed by atoms with van der Waals surface area (Å²) in [4.78, 5) is 4.39. The molecule has 0 aliphatic heterocycles. The number of nitrogens with zero attached hydrogens (tertiary/aromatic N) is 1. The van der Waals surface area contributed by atoms with Gasteiger partial charge in [-0.3, -0.25) is 4.98 Å². The van der Waals surface area contributed by atoms with Crippen LogP contribution in [-0.4, -0.2) is 12.0 Å². The predicted molar refractivity (Wildman–Crippen MR) is 82.3 cm³/mol. The van der Waals surface area contributed by atoms with Gasteiger partial charge in [-0.15, -0.1) is 0 Å². The maximum absolute atomic E-state index is 5.83. The third-order valence-corrected chi connectivity index (χ3v) is 3.38. The second-order valence-corrected chi connectivity index (χ2v) is 4.98. The van der Waals surface area contributed by atoms with Gasteiger partial charge >= 0.3 is 0 Å². The first-order chi connectivity index (χ1) is 10.3. The molecule has 1 aromatic carbocycles. The minimum atomic E-state index is 0.485. The fourth-order valence-corrected chi connectivity index (χ4v) is 2.28. The third-order valence-electron chi connectivity index (χ3n) is 3.38. The molecule has 3 aromatic rings. The second kappa shape index (κ2) is 5.97. The van der Waals surface area contributed by atoms with Crippen molar-refractivity contribution in [2.45, 2.75) is 20.1 Å². The number of aromatic nitrogens is 1. The summed E-state index contributed by atoms with van der Waals surface area (Å²) >= 11 is 0. The number of aryl methyl sites for hydroxylation is 1. The monoisotopic (exact) mass is 282 g/mol. The molecule has 4 heteroatoms. The van der Waals surface area contributed by atoms with Gasteiger partial charge in [-0.05, 0) is 32.2 Å². The molecule has 0 saturated heterocycles. The number of nitrogens with one attached hydrogen (secondary N) is 1. The summed E-state index contributed by atoms with van der Waals surface area (Å²) in [7, 11) is 1.90. The highest BCUT2D eigenvalue weighted by molar-refractivity contribution is 5.79. The summed E-state index contributed by atoms with van der Waals surface area (Å²) in [5.41, 5.74) is 2.04. The topological polar surface area (TPSA) is 47.3 Å². The number of ether oxygens (including phenoxy) is 1. The molecule has 21 heavy (non-hydrogen) atoms. The van der Waals surface area contributed by atoms with E-state index >= 15 is 0 Å². The molecular formula is C17H18N2O2. The van der Waals surface area contributed by atoms with E-state index in [1.807, 2.05) is 50.4 Å². The lowest BCUT2D eigenvalue weighted by Crippen LogP contribution is -2.03. The van der Waals surface area contributed by atoms with Gasteiger partial charge in [0.05, 0.1) is 18.3 Å². The van der Waals surface area contributed by atoms with Gasteiger partial charge < -0.3 is 14.5 Å². The van der Waals surface area contributed by atoms with Gasteiger partial charge in [0, 0.05) is 10.9 Å². The molecule has 4 nitrogen and oxygen atoms in total. The summed E-state index contributed by atoms with van der Waals surface area (Å²) in [5, 5.41) is 4.15. The number of rotatable bonds is 5. The van der Waals surface area contributed by atoms with Crippen molar-refractivity contribution < 1.29 is 9.15 Å². The smallest absolute Gasteiger partial charge is 0.138 e. The van der Waals surface area contributed by atoms with E-state index in [0.29, 0.717) is 6.61 Å². The summed E-state index contributed by atoms with van der Waals surface area (Å²) < 4.78 is 11.5. The Morgan fingerprint density at radius 2 is 2.10 bits per heavy atom. The van der Waals surface area contributed by atoms with E-state index < -0.39 is 0 Å². The van der Waals surface area contributed by atoms with Crippen molar-refractivity contribution in [3.05, 3.63) is 59.7 Å². The van der Waals surface area contributed by atoms with Crippen molar-refractivity contribution in [3.8, 4) is 5.75 Å². The Bertz CT molecular complexity index is 749. The average Bonchev–Trinajstić information content (AvgIpc) is 2.85. The van der Waals surface area contributed by atoms with Gasteiger partial charge in [-0.1, -0.05) is 18.2 Å². The molecule has 0 aliphatic carbocycles. The van der Waals surface area contributed by atoms with Crippen molar-refractivity contribution in [1.29, 1.82) is 0 Å². The number of pyridine rings is 1. The number of hydrogen-bond acceptors (Lipinski definition) is 4. The fraction of sp³-hybridized carbons (Fsp3) is 0.235. The van der Waals surface area contributed by atoms with Crippen LogP contribution in [0.25, 0.3) is 10.9 Å². The van der Waals surface area contributed by atoms with E-state index in [1.54, 1.807) is 6.20 Å². The SMILES string of the molecule is CNCc1cc(COc2cnc3ccccc3c2)c(C)o1. The lowest BCUT2D eigenvalue weighted by Gasteiger charge is -2.06. The molecule has 108 valence electrons. The molecule has 0 spiro atoms. The highest BCUT2D eigenvalue weighted by Gasteiger charge is 2.08. The van der Waals surface area contributed by atoms with Gasteiger partial charge in [0.1, 0.15) is 23.9 Å². The first kappa shape index (κ1) is 13.6. The van der Waals surface area contributed by atoms with Crippen LogP contribution in [-0.2, 0) is 13.2 Å². The van der Waals surface area contributed by atoms with Crippen molar-refractivity contribution in [2.75, 3.05) is 7.05 Å². The zero-order valence-electron chi connectivity index (χ0n) is 12.2. The van der Waals surface area contributed by atoms with Crippen LogP contribution < -0.4 is 10.1 Å². The Balaban J connectivity index is 1.73. The second-order valence-electron chi connectivity index (χ2n) is 4.98. The number of benzene rings is 1. The maximum Gasteiger partial charge on any atom is 0.138 e. The Labute approximate surface area is 123 Å². The minimum absolute atomic E-state index is 0.485. The summed E-state index contributed by atoms with van der Waals surface area (Å²) in [6.07, 6.45) is 1.76. The quantitative estimate of drug-likeness (QED) is 0.778. The Hall–Kier alpha value is -2.33. The molecule has 1 N–H and O–H groups in total. The van der Waals surface area contributed by atoms with Crippen molar-refractivity contribution >= 4 is 10.9 Å². The van der Waals surface area contributed by atoms with Crippen LogP contribution in [0, 0.1) is 6.92 Å². The molecule has 0 saturated carbocycles. The van der Waals surface area contributed by atoms with Crippen LogP contribution in [0.2, 0.25) is 0 Å². The lowest BCUT2D eigenvalue weighted by atomic mass is 10.2. The Kier molecular flexibility index (Phi) is 3.88. The van der Waals surface area contributed by atoms with Gasteiger partial charge in [-0.2, -0.15) is 0 Å². The molecule has 2 heterocycles. The van der Waals surface area contributed by atoms with Gasteiger partial charge in [0.15, 0.2) is 0 Å². The van der Waals surface area contributed by atoms with E-state index in [4.69, 9.17) is 9.15 Å². The minimum Gasteiger partial charge on any atom is -0.487 e. The lowest BCUT2D eigenvalue weighted by molar-refractivity contribution is 0.302. The molecule has 2 aromatic heterocycles. The van der Waals surface area contributed by atoms with Crippen LogP contribution in [0.5, 0.6) is 5.75 Å². The highest BCUT2D eigenvalue weighted by atomic mass is 16.5. The summed E-state index contributed by atoms with van der Waals surface area (Å²) in [5.74, 6) is 2.59. The first-order valence-corrected chi connectivity index (χ1v) is 6.96. The van der Waals surface area contributed by atoms with E-state index in [0.717, 1.165) is 40.3 Å². The average molecular weight is 282 g/mol. The van der Waals surface area contributed by atoms with Gasteiger partial charge in [0.25, 0.3) is 0 Å². The summed E-state index contributed by atoms with van der Waals surface area (Å²) in [6, 6.07) is 12.0. The molecule has 0 bridgehead atoms. The Morgan fingerprint density at radius 1 is 1.24 bits per heavy atom. The van der Waals surface area contributed by atoms with E-state index in [9.17, 15) is 0 Å². The largest absolute Gasteiger partial charge is 0.487 e. The molecule has 0 unspecified atom stereocenters. The number of fused-ring (bicyclic) bond motifs is 1. The van der Waals surface area contributed by atoms with Crippen LogP contribution in [0.15, 0.2) is 47.0 Å². The van der Waals surface area contributed by atoms with Crippen LogP contribution >= 0.6 is 0 Å². The van der Waals surface area contributed by atoms with Crippen molar-refractivity contribution in [1.82, 2.24) is 10.3 Å². The molecule has 0 radical (unpaired) electrons.